The van der Waals surface area contributed by atoms with Crippen LogP contribution in [0.3, 0.4) is 0 Å². The van der Waals surface area contributed by atoms with Gasteiger partial charge in [0.25, 0.3) is 5.91 Å². The van der Waals surface area contributed by atoms with Crippen LogP contribution in [0.2, 0.25) is 0 Å². The standard InChI is InChI=1S/C15H12N2O3S/c1-20-11-6-7-12-13(8-11)21-15(16-12)17-14(19)9-2-4-10(18)5-3-9/h2-8,18H,1H3,(H,16,17,19). The molecule has 1 amide bonds. The second-order valence-corrected chi connectivity index (χ2v) is 5.38. The largest absolute Gasteiger partial charge is 0.508 e. The molecular formula is C15H12N2O3S. The topological polar surface area (TPSA) is 71.5 Å². The van der Waals surface area contributed by atoms with Crippen molar-refractivity contribution in [1.29, 1.82) is 0 Å². The number of nitrogens with zero attached hydrogens (tertiary/aromatic N) is 1. The molecule has 1 aromatic heterocycles. The average Bonchev–Trinajstić information content (AvgIpc) is 2.88. The third kappa shape index (κ3) is 2.80. The first kappa shape index (κ1) is 13.4. The average molecular weight is 300 g/mol. The predicted molar refractivity (Wildman–Crippen MR) is 82.2 cm³/mol. The van der Waals surface area contributed by atoms with Gasteiger partial charge in [0.2, 0.25) is 0 Å². The van der Waals surface area contributed by atoms with Gasteiger partial charge in [-0.1, -0.05) is 11.3 Å². The monoisotopic (exact) mass is 300 g/mol. The van der Waals surface area contributed by atoms with Gasteiger partial charge in [-0.2, -0.15) is 0 Å². The van der Waals surface area contributed by atoms with Crippen molar-refractivity contribution in [3.63, 3.8) is 0 Å². The number of thiazole rings is 1. The number of rotatable bonds is 3. The molecule has 0 spiro atoms. The molecule has 106 valence electrons. The molecule has 0 aliphatic heterocycles. The predicted octanol–water partition coefficient (Wildman–Crippen LogP) is 3.26. The van der Waals surface area contributed by atoms with E-state index in [9.17, 15) is 9.90 Å². The fourth-order valence-electron chi connectivity index (χ4n) is 1.87. The van der Waals surface area contributed by atoms with E-state index in [-0.39, 0.29) is 11.7 Å². The summed E-state index contributed by atoms with van der Waals surface area (Å²) in [5.41, 5.74) is 1.27. The first-order valence-electron chi connectivity index (χ1n) is 6.20. The molecule has 3 rings (SSSR count). The first-order chi connectivity index (χ1) is 10.2. The summed E-state index contributed by atoms with van der Waals surface area (Å²) in [6.45, 7) is 0. The second kappa shape index (κ2) is 5.41. The van der Waals surface area contributed by atoms with Gasteiger partial charge in [-0.05, 0) is 42.5 Å². The minimum atomic E-state index is -0.263. The number of benzene rings is 2. The Hall–Kier alpha value is -2.60. The number of anilines is 1. The molecule has 21 heavy (non-hydrogen) atoms. The van der Waals surface area contributed by atoms with Gasteiger partial charge in [-0.3, -0.25) is 10.1 Å². The molecule has 0 fully saturated rings. The maximum Gasteiger partial charge on any atom is 0.257 e. The Balaban J connectivity index is 1.84. The van der Waals surface area contributed by atoms with Gasteiger partial charge in [-0.15, -0.1) is 0 Å². The van der Waals surface area contributed by atoms with Gasteiger partial charge in [0, 0.05) is 5.56 Å². The van der Waals surface area contributed by atoms with E-state index in [1.54, 1.807) is 19.2 Å². The molecule has 0 atom stereocenters. The van der Waals surface area contributed by atoms with Crippen molar-refractivity contribution < 1.29 is 14.6 Å². The van der Waals surface area contributed by atoms with E-state index < -0.39 is 0 Å². The number of fused-ring (bicyclic) bond motifs is 1. The van der Waals surface area contributed by atoms with Gasteiger partial charge >= 0.3 is 0 Å². The molecule has 2 aromatic carbocycles. The van der Waals surface area contributed by atoms with Crippen molar-refractivity contribution in [3.8, 4) is 11.5 Å². The Kier molecular flexibility index (Phi) is 3.45. The Morgan fingerprint density at radius 1 is 1.24 bits per heavy atom. The van der Waals surface area contributed by atoms with Crippen LogP contribution in [0, 0.1) is 0 Å². The summed E-state index contributed by atoms with van der Waals surface area (Å²) in [7, 11) is 1.61. The van der Waals surface area contributed by atoms with E-state index in [2.05, 4.69) is 10.3 Å². The lowest BCUT2D eigenvalue weighted by molar-refractivity contribution is 0.102. The van der Waals surface area contributed by atoms with E-state index in [1.165, 1.54) is 23.5 Å². The number of ether oxygens (including phenoxy) is 1. The molecule has 5 nitrogen and oxygen atoms in total. The number of aromatic nitrogens is 1. The van der Waals surface area contributed by atoms with Crippen molar-refractivity contribution in [3.05, 3.63) is 48.0 Å². The number of hydrogen-bond donors (Lipinski definition) is 2. The van der Waals surface area contributed by atoms with Crippen LogP contribution >= 0.6 is 11.3 Å². The molecule has 1 heterocycles. The zero-order valence-corrected chi connectivity index (χ0v) is 12.0. The normalized spacial score (nSPS) is 10.5. The SMILES string of the molecule is COc1ccc2nc(NC(=O)c3ccc(O)cc3)sc2c1. The summed E-state index contributed by atoms with van der Waals surface area (Å²) in [4.78, 5) is 16.4. The highest BCUT2D eigenvalue weighted by Crippen LogP contribution is 2.29. The number of hydrogen-bond acceptors (Lipinski definition) is 5. The second-order valence-electron chi connectivity index (χ2n) is 4.35. The number of phenols is 1. The van der Waals surface area contributed by atoms with E-state index in [4.69, 9.17) is 4.74 Å². The summed E-state index contributed by atoms with van der Waals surface area (Å²) >= 11 is 1.38. The zero-order valence-electron chi connectivity index (χ0n) is 11.2. The van der Waals surface area contributed by atoms with Crippen molar-refractivity contribution in [1.82, 2.24) is 4.98 Å². The molecule has 0 aliphatic carbocycles. The molecule has 0 radical (unpaired) electrons. The highest BCUT2D eigenvalue weighted by molar-refractivity contribution is 7.22. The number of aromatic hydroxyl groups is 1. The highest BCUT2D eigenvalue weighted by atomic mass is 32.1. The van der Waals surface area contributed by atoms with Crippen molar-refractivity contribution in [2.24, 2.45) is 0 Å². The number of amides is 1. The summed E-state index contributed by atoms with van der Waals surface area (Å²) in [6, 6.07) is 11.6. The van der Waals surface area contributed by atoms with E-state index in [1.807, 2.05) is 18.2 Å². The Labute approximate surface area is 124 Å². The summed E-state index contributed by atoms with van der Waals surface area (Å²) in [5, 5.41) is 12.5. The highest BCUT2D eigenvalue weighted by Gasteiger charge is 2.10. The number of phenolic OH excluding ortho intramolecular Hbond substituents is 1. The molecule has 6 heteroatoms. The van der Waals surface area contributed by atoms with Crippen molar-refractivity contribution >= 4 is 32.6 Å². The maximum absolute atomic E-state index is 12.1. The van der Waals surface area contributed by atoms with Crippen LogP contribution in [-0.4, -0.2) is 23.1 Å². The molecule has 0 unspecified atom stereocenters. The van der Waals surface area contributed by atoms with E-state index in [0.29, 0.717) is 10.7 Å². The van der Waals surface area contributed by atoms with Crippen LogP contribution < -0.4 is 10.1 Å². The summed E-state index contributed by atoms with van der Waals surface area (Å²) in [6.07, 6.45) is 0. The van der Waals surface area contributed by atoms with Crippen LogP contribution in [0.15, 0.2) is 42.5 Å². The fourth-order valence-corrected chi connectivity index (χ4v) is 2.76. The number of carbonyl (C=O) groups is 1. The summed E-state index contributed by atoms with van der Waals surface area (Å²) < 4.78 is 6.10. The maximum atomic E-state index is 12.1. The first-order valence-corrected chi connectivity index (χ1v) is 7.02. The zero-order chi connectivity index (χ0) is 14.8. The van der Waals surface area contributed by atoms with Gasteiger partial charge in [-0.25, -0.2) is 4.98 Å². The molecule has 2 N–H and O–H groups in total. The third-order valence-corrected chi connectivity index (χ3v) is 3.88. The van der Waals surface area contributed by atoms with Crippen LogP contribution in [0.25, 0.3) is 10.2 Å². The van der Waals surface area contributed by atoms with Crippen LogP contribution in [0.5, 0.6) is 11.5 Å². The smallest absolute Gasteiger partial charge is 0.257 e. The van der Waals surface area contributed by atoms with Crippen LogP contribution in [0.4, 0.5) is 5.13 Å². The molecule has 0 aliphatic rings. The van der Waals surface area contributed by atoms with Gasteiger partial charge < -0.3 is 9.84 Å². The van der Waals surface area contributed by atoms with Gasteiger partial charge in [0.15, 0.2) is 5.13 Å². The van der Waals surface area contributed by atoms with Crippen molar-refractivity contribution in [2.45, 2.75) is 0 Å². The van der Waals surface area contributed by atoms with Crippen LogP contribution in [-0.2, 0) is 0 Å². The lowest BCUT2D eigenvalue weighted by Gasteiger charge is -2.01. The molecular weight excluding hydrogens is 288 g/mol. The van der Waals surface area contributed by atoms with Crippen molar-refractivity contribution in [2.75, 3.05) is 12.4 Å². The molecule has 0 bridgehead atoms. The lowest BCUT2D eigenvalue weighted by atomic mass is 10.2. The fraction of sp³-hybridized carbons (Fsp3) is 0.0667. The lowest BCUT2D eigenvalue weighted by Crippen LogP contribution is -2.11. The number of nitrogens with one attached hydrogen (secondary N) is 1. The van der Waals surface area contributed by atoms with Gasteiger partial charge in [0.1, 0.15) is 11.5 Å². The van der Waals surface area contributed by atoms with Gasteiger partial charge in [0.05, 0.1) is 17.3 Å². The third-order valence-electron chi connectivity index (χ3n) is 2.95. The Bertz CT molecular complexity index is 796. The van der Waals surface area contributed by atoms with E-state index in [0.717, 1.165) is 16.0 Å². The van der Waals surface area contributed by atoms with Crippen LogP contribution in [0.1, 0.15) is 10.4 Å². The Morgan fingerprint density at radius 3 is 2.71 bits per heavy atom. The molecule has 0 saturated heterocycles. The summed E-state index contributed by atoms with van der Waals surface area (Å²) in [5.74, 6) is 0.613. The number of carbonyl (C=O) groups excluding carboxylic acids is 1. The minimum Gasteiger partial charge on any atom is -0.508 e. The molecule has 0 saturated carbocycles. The Morgan fingerprint density at radius 2 is 2.00 bits per heavy atom. The molecule has 3 aromatic rings. The minimum absolute atomic E-state index is 0.124. The van der Waals surface area contributed by atoms with E-state index >= 15 is 0 Å². The quantitative estimate of drug-likeness (QED) is 0.779. The number of methoxy groups -OCH3 is 1.